The number of halogens is 3. The van der Waals surface area contributed by atoms with E-state index in [0.29, 0.717) is 45.9 Å². The topological polar surface area (TPSA) is 49.9 Å². The van der Waals surface area contributed by atoms with Gasteiger partial charge in [-0.1, -0.05) is 34.8 Å². The van der Waals surface area contributed by atoms with E-state index in [4.69, 9.17) is 39.5 Å². The van der Waals surface area contributed by atoms with Crippen LogP contribution in [0.1, 0.15) is 28.8 Å². The Hall–Kier alpha value is -1.95. The zero-order valence-electron chi connectivity index (χ0n) is 16.1. The van der Waals surface area contributed by atoms with Crippen LogP contribution in [-0.4, -0.2) is 48.4 Å². The Morgan fingerprint density at radius 3 is 2.59 bits per heavy atom. The lowest BCUT2D eigenvalue weighted by Crippen LogP contribution is -2.46. The molecule has 0 aliphatic carbocycles. The lowest BCUT2D eigenvalue weighted by Gasteiger charge is -2.28. The second kappa shape index (κ2) is 9.24. The number of methoxy groups -OCH3 is 1. The summed E-state index contributed by atoms with van der Waals surface area (Å²) in [5.74, 6) is 0.301. The van der Waals surface area contributed by atoms with Gasteiger partial charge in [-0.05, 0) is 49.2 Å². The molecule has 0 saturated carbocycles. The number of carbonyl (C=O) groups is 2. The molecule has 0 N–H and O–H groups in total. The molecule has 8 heteroatoms. The molecule has 0 spiro atoms. The summed E-state index contributed by atoms with van der Waals surface area (Å²) in [5.41, 5.74) is 1.22. The minimum Gasteiger partial charge on any atom is -0.496 e. The first-order chi connectivity index (χ1) is 13.8. The normalized spacial score (nSPS) is 16.0. The van der Waals surface area contributed by atoms with E-state index < -0.39 is 6.04 Å². The monoisotopic (exact) mass is 454 g/mol. The van der Waals surface area contributed by atoms with Gasteiger partial charge >= 0.3 is 0 Å². The van der Waals surface area contributed by atoms with Gasteiger partial charge in [-0.2, -0.15) is 0 Å². The first kappa shape index (κ1) is 21.8. The third kappa shape index (κ3) is 4.80. The number of benzene rings is 2. The van der Waals surface area contributed by atoms with E-state index in [0.717, 1.165) is 12.0 Å². The average Bonchev–Trinajstić information content (AvgIpc) is 3.18. The number of hydrogen-bond acceptors (Lipinski definition) is 3. The van der Waals surface area contributed by atoms with Gasteiger partial charge in [0.2, 0.25) is 5.91 Å². The van der Waals surface area contributed by atoms with Gasteiger partial charge in [-0.15, -0.1) is 0 Å². The summed E-state index contributed by atoms with van der Waals surface area (Å²) in [6, 6.07) is 9.50. The Bertz CT molecular complexity index is 935. The van der Waals surface area contributed by atoms with Crippen LogP contribution in [0.25, 0.3) is 0 Å². The lowest BCUT2D eigenvalue weighted by atomic mass is 10.1. The summed E-state index contributed by atoms with van der Waals surface area (Å²) in [6.45, 7) is 0.845. The highest BCUT2D eigenvalue weighted by Crippen LogP contribution is 2.28. The summed E-state index contributed by atoms with van der Waals surface area (Å²) < 4.78 is 5.36. The van der Waals surface area contributed by atoms with Gasteiger partial charge in [-0.25, -0.2) is 0 Å². The van der Waals surface area contributed by atoms with Crippen LogP contribution in [0.4, 0.5) is 0 Å². The van der Waals surface area contributed by atoms with E-state index >= 15 is 0 Å². The summed E-state index contributed by atoms with van der Waals surface area (Å²) in [7, 11) is 3.28. The largest absolute Gasteiger partial charge is 0.496 e. The van der Waals surface area contributed by atoms with Gasteiger partial charge in [-0.3, -0.25) is 9.59 Å². The van der Waals surface area contributed by atoms with Crippen molar-refractivity contribution in [3.63, 3.8) is 0 Å². The molecule has 2 aromatic rings. The van der Waals surface area contributed by atoms with Crippen molar-refractivity contribution in [2.75, 3.05) is 20.7 Å². The molecule has 1 heterocycles. The third-order valence-electron chi connectivity index (χ3n) is 4.99. The first-order valence-electron chi connectivity index (χ1n) is 9.15. The molecule has 1 fully saturated rings. The fourth-order valence-corrected chi connectivity index (χ4v) is 4.01. The molecular formula is C21H21Cl3N2O3. The van der Waals surface area contributed by atoms with Crippen LogP contribution in [0, 0.1) is 0 Å². The van der Waals surface area contributed by atoms with Crippen molar-refractivity contribution in [3.05, 3.63) is 62.6 Å². The number of hydrogen-bond donors (Lipinski definition) is 0. The smallest absolute Gasteiger partial charge is 0.254 e. The van der Waals surface area contributed by atoms with E-state index in [9.17, 15) is 9.59 Å². The molecule has 1 unspecified atom stereocenters. The molecule has 3 rings (SSSR count). The van der Waals surface area contributed by atoms with Crippen molar-refractivity contribution < 1.29 is 14.3 Å². The molecule has 0 radical (unpaired) electrons. The average molecular weight is 456 g/mol. The van der Waals surface area contributed by atoms with Gasteiger partial charge in [0.05, 0.1) is 17.2 Å². The first-order valence-corrected chi connectivity index (χ1v) is 10.3. The number of nitrogens with zero attached hydrogens (tertiary/aromatic N) is 2. The Morgan fingerprint density at radius 1 is 1.14 bits per heavy atom. The van der Waals surface area contributed by atoms with Crippen molar-refractivity contribution in [2.24, 2.45) is 0 Å². The number of ether oxygens (including phenoxy) is 1. The molecule has 1 atom stereocenters. The zero-order chi connectivity index (χ0) is 21.1. The number of likely N-dealkylation sites (tertiary alicyclic amines) is 1. The highest BCUT2D eigenvalue weighted by atomic mass is 35.5. The summed E-state index contributed by atoms with van der Waals surface area (Å²) in [4.78, 5) is 29.3. The quantitative estimate of drug-likeness (QED) is 0.643. The highest BCUT2D eigenvalue weighted by molar-refractivity contribution is 6.42. The molecule has 2 amide bonds. The van der Waals surface area contributed by atoms with E-state index in [1.54, 1.807) is 54.3 Å². The van der Waals surface area contributed by atoms with Gasteiger partial charge in [0.15, 0.2) is 0 Å². The third-order valence-corrected chi connectivity index (χ3v) is 5.97. The Kier molecular flexibility index (Phi) is 6.93. The molecule has 5 nitrogen and oxygen atoms in total. The molecular weight excluding hydrogens is 435 g/mol. The highest BCUT2D eigenvalue weighted by Gasteiger charge is 2.36. The SMILES string of the molecule is COc1ccc(Cl)cc1CN(C)C(=O)C1CCCN1C(=O)c1ccc(Cl)c(Cl)c1. The minimum absolute atomic E-state index is 0.127. The summed E-state index contributed by atoms with van der Waals surface area (Å²) in [6.07, 6.45) is 1.38. The van der Waals surface area contributed by atoms with Gasteiger partial charge < -0.3 is 14.5 Å². The second-order valence-electron chi connectivity index (χ2n) is 6.94. The molecule has 2 aromatic carbocycles. The minimum atomic E-state index is -0.521. The van der Waals surface area contributed by atoms with Crippen molar-refractivity contribution in [1.82, 2.24) is 9.80 Å². The fraction of sp³-hybridized carbons (Fsp3) is 0.333. The van der Waals surface area contributed by atoms with Crippen molar-refractivity contribution in [1.29, 1.82) is 0 Å². The van der Waals surface area contributed by atoms with E-state index in [2.05, 4.69) is 0 Å². The lowest BCUT2D eigenvalue weighted by molar-refractivity contribution is -0.134. The van der Waals surface area contributed by atoms with Crippen LogP contribution < -0.4 is 4.74 Å². The molecule has 1 aliphatic rings. The molecule has 1 aliphatic heterocycles. The molecule has 0 bridgehead atoms. The maximum atomic E-state index is 13.1. The van der Waals surface area contributed by atoms with Crippen LogP contribution in [-0.2, 0) is 11.3 Å². The Balaban J connectivity index is 1.76. The maximum Gasteiger partial charge on any atom is 0.254 e. The number of rotatable bonds is 5. The van der Waals surface area contributed by atoms with Crippen molar-refractivity contribution in [2.45, 2.75) is 25.4 Å². The molecule has 29 heavy (non-hydrogen) atoms. The molecule has 1 saturated heterocycles. The summed E-state index contributed by atoms with van der Waals surface area (Å²) >= 11 is 18.1. The van der Waals surface area contributed by atoms with Crippen LogP contribution in [0.2, 0.25) is 15.1 Å². The van der Waals surface area contributed by atoms with Gasteiger partial charge in [0.25, 0.3) is 5.91 Å². The Labute approximate surface area is 185 Å². The number of amides is 2. The van der Waals surface area contributed by atoms with Crippen LogP contribution >= 0.6 is 34.8 Å². The predicted octanol–water partition coefficient (Wildman–Crippen LogP) is 4.92. The fourth-order valence-electron chi connectivity index (χ4n) is 3.52. The molecule has 154 valence electrons. The van der Waals surface area contributed by atoms with Crippen molar-refractivity contribution >= 4 is 46.6 Å². The van der Waals surface area contributed by atoms with Gasteiger partial charge in [0, 0.05) is 36.3 Å². The van der Waals surface area contributed by atoms with Crippen LogP contribution in [0.15, 0.2) is 36.4 Å². The maximum absolute atomic E-state index is 13.1. The van der Waals surface area contributed by atoms with Crippen molar-refractivity contribution in [3.8, 4) is 5.75 Å². The van der Waals surface area contributed by atoms with E-state index in [-0.39, 0.29) is 11.8 Å². The number of carbonyl (C=O) groups excluding carboxylic acids is 2. The molecule has 0 aromatic heterocycles. The van der Waals surface area contributed by atoms with E-state index in [1.165, 1.54) is 6.07 Å². The predicted molar refractivity (Wildman–Crippen MR) is 115 cm³/mol. The van der Waals surface area contributed by atoms with E-state index in [1.807, 2.05) is 0 Å². The standard InChI is InChI=1S/C21H21Cl3N2O3/c1-25(12-14-10-15(22)6-8-19(14)29-2)21(28)18-4-3-9-26(18)20(27)13-5-7-16(23)17(24)11-13/h5-8,10-11,18H,3-4,9,12H2,1-2H3. The number of likely N-dealkylation sites (N-methyl/N-ethyl adjacent to an activating group) is 1. The van der Waals surface area contributed by atoms with Gasteiger partial charge in [0.1, 0.15) is 11.8 Å². The van der Waals surface area contributed by atoms with Crippen LogP contribution in [0.3, 0.4) is 0 Å². The Morgan fingerprint density at radius 2 is 1.90 bits per heavy atom. The zero-order valence-corrected chi connectivity index (χ0v) is 18.4. The second-order valence-corrected chi connectivity index (χ2v) is 8.19. The van der Waals surface area contributed by atoms with Crippen LogP contribution in [0.5, 0.6) is 5.75 Å². The summed E-state index contributed by atoms with van der Waals surface area (Å²) in [5, 5.41) is 1.26.